The van der Waals surface area contributed by atoms with Gasteiger partial charge in [0.25, 0.3) is 0 Å². The van der Waals surface area contributed by atoms with Crippen LogP contribution in [0.15, 0.2) is 0 Å². The molecule has 0 saturated carbocycles. The molecule has 1 rings (SSSR count). The fraction of sp³-hybridized carbons (Fsp3) is 0.800. The Bertz CT molecular complexity index is 111. The second-order valence-corrected chi connectivity index (χ2v) is 2.06. The van der Waals surface area contributed by atoms with Crippen molar-refractivity contribution >= 4 is 5.91 Å². The SMILES string of the molecule is CC(=O)NCCN1CN1. The molecule has 1 amide bonds. The van der Waals surface area contributed by atoms with Gasteiger partial charge in [0, 0.05) is 20.0 Å². The average molecular weight is 129 g/mol. The molecule has 0 aromatic carbocycles. The second-order valence-electron chi connectivity index (χ2n) is 2.06. The third-order valence-corrected chi connectivity index (χ3v) is 1.14. The number of carbonyl (C=O) groups excluding carboxylic acids is 1. The van der Waals surface area contributed by atoms with E-state index in [1.54, 1.807) is 0 Å². The van der Waals surface area contributed by atoms with Gasteiger partial charge >= 0.3 is 0 Å². The Morgan fingerprint density at radius 1 is 1.89 bits per heavy atom. The van der Waals surface area contributed by atoms with Crippen LogP contribution in [-0.4, -0.2) is 30.7 Å². The van der Waals surface area contributed by atoms with Crippen LogP contribution in [0, 0.1) is 0 Å². The van der Waals surface area contributed by atoms with Gasteiger partial charge in [0.2, 0.25) is 5.91 Å². The minimum Gasteiger partial charge on any atom is -0.355 e. The van der Waals surface area contributed by atoms with Crippen molar-refractivity contribution in [1.82, 2.24) is 15.8 Å². The number of amides is 1. The Morgan fingerprint density at radius 3 is 3.00 bits per heavy atom. The summed E-state index contributed by atoms with van der Waals surface area (Å²) in [5, 5.41) is 4.72. The van der Waals surface area contributed by atoms with Gasteiger partial charge in [0.05, 0.1) is 6.67 Å². The third kappa shape index (κ3) is 3.05. The normalized spacial score (nSPS) is 23.4. The molecule has 1 fully saturated rings. The molecule has 1 saturated heterocycles. The molecular weight excluding hydrogens is 118 g/mol. The molecule has 1 atom stereocenters. The largest absolute Gasteiger partial charge is 0.355 e. The highest BCUT2D eigenvalue weighted by Crippen LogP contribution is 1.89. The molecule has 0 aromatic heterocycles. The Morgan fingerprint density at radius 2 is 2.56 bits per heavy atom. The standard InChI is InChI=1S/C5H11N3O/c1-5(9)6-2-3-8-4-7-8/h7H,2-4H2,1H3,(H,6,9). The van der Waals surface area contributed by atoms with E-state index in [2.05, 4.69) is 10.7 Å². The van der Waals surface area contributed by atoms with Crippen LogP contribution in [0.4, 0.5) is 0 Å². The Hall–Kier alpha value is -0.610. The monoisotopic (exact) mass is 129 g/mol. The smallest absolute Gasteiger partial charge is 0.216 e. The maximum Gasteiger partial charge on any atom is 0.216 e. The molecule has 4 heteroatoms. The third-order valence-electron chi connectivity index (χ3n) is 1.14. The average Bonchev–Trinajstić information content (AvgIpc) is 2.48. The van der Waals surface area contributed by atoms with E-state index >= 15 is 0 Å². The molecule has 0 aromatic rings. The highest BCUT2D eigenvalue weighted by molar-refractivity contribution is 5.72. The lowest BCUT2D eigenvalue weighted by atomic mass is 10.6. The zero-order valence-corrected chi connectivity index (χ0v) is 5.48. The molecule has 9 heavy (non-hydrogen) atoms. The first-order valence-corrected chi connectivity index (χ1v) is 3.02. The van der Waals surface area contributed by atoms with Gasteiger partial charge in [-0.2, -0.15) is 0 Å². The van der Waals surface area contributed by atoms with Crippen molar-refractivity contribution in [2.45, 2.75) is 6.92 Å². The van der Waals surface area contributed by atoms with Gasteiger partial charge in [0.1, 0.15) is 0 Å². The van der Waals surface area contributed by atoms with Crippen LogP contribution in [0.1, 0.15) is 6.92 Å². The first-order valence-electron chi connectivity index (χ1n) is 3.02. The number of nitrogens with zero attached hydrogens (tertiary/aromatic N) is 1. The first kappa shape index (κ1) is 6.51. The van der Waals surface area contributed by atoms with Crippen LogP contribution in [0.3, 0.4) is 0 Å². The summed E-state index contributed by atoms with van der Waals surface area (Å²) in [7, 11) is 0. The number of nitrogens with one attached hydrogen (secondary N) is 2. The van der Waals surface area contributed by atoms with Gasteiger partial charge in [0.15, 0.2) is 0 Å². The van der Waals surface area contributed by atoms with Crippen LogP contribution < -0.4 is 10.7 Å². The molecular formula is C5H11N3O. The first-order chi connectivity index (χ1) is 4.29. The maximum absolute atomic E-state index is 10.3. The van der Waals surface area contributed by atoms with Gasteiger partial charge in [-0.05, 0) is 0 Å². The predicted octanol–water partition coefficient (Wildman–Crippen LogP) is -1.10. The van der Waals surface area contributed by atoms with Gasteiger partial charge in [-0.3, -0.25) is 4.79 Å². The van der Waals surface area contributed by atoms with Gasteiger partial charge in [-0.1, -0.05) is 0 Å². The van der Waals surface area contributed by atoms with Crippen LogP contribution in [0.5, 0.6) is 0 Å². The van der Waals surface area contributed by atoms with Crippen LogP contribution in [0.25, 0.3) is 0 Å². The summed E-state index contributed by atoms with van der Waals surface area (Å²) in [6.07, 6.45) is 0. The predicted molar refractivity (Wildman–Crippen MR) is 33.4 cm³/mol. The number of carbonyl (C=O) groups is 1. The molecule has 0 spiro atoms. The second kappa shape index (κ2) is 2.80. The maximum atomic E-state index is 10.3. The van der Waals surface area contributed by atoms with Crippen LogP contribution in [0.2, 0.25) is 0 Å². The summed E-state index contributed by atoms with van der Waals surface area (Å²) in [4.78, 5) is 10.3. The Kier molecular flexibility index (Phi) is 2.02. The zero-order chi connectivity index (χ0) is 6.69. The van der Waals surface area contributed by atoms with Crippen LogP contribution in [-0.2, 0) is 4.79 Å². The highest BCUT2D eigenvalue weighted by Gasteiger charge is 2.13. The Balaban J connectivity index is 1.86. The van der Waals surface area contributed by atoms with E-state index in [0.29, 0.717) is 0 Å². The summed E-state index contributed by atoms with van der Waals surface area (Å²) in [5.41, 5.74) is 2.99. The minimum absolute atomic E-state index is 0.0388. The van der Waals surface area contributed by atoms with Crippen molar-refractivity contribution < 1.29 is 4.79 Å². The molecule has 1 heterocycles. The quantitative estimate of drug-likeness (QED) is 0.476. The van der Waals surface area contributed by atoms with E-state index in [9.17, 15) is 4.79 Å². The van der Waals surface area contributed by atoms with E-state index < -0.39 is 0 Å². The van der Waals surface area contributed by atoms with Crippen molar-refractivity contribution in [3.63, 3.8) is 0 Å². The van der Waals surface area contributed by atoms with Crippen molar-refractivity contribution in [2.75, 3.05) is 19.8 Å². The van der Waals surface area contributed by atoms with E-state index in [0.717, 1.165) is 19.8 Å². The molecule has 0 bridgehead atoms. The van der Waals surface area contributed by atoms with Crippen LogP contribution >= 0.6 is 0 Å². The van der Waals surface area contributed by atoms with E-state index in [1.165, 1.54) is 6.92 Å². The van der Waals surface area contributed by atoms with Crippen molar-refractivity contribution in [1.29, 1.82) is 0 Å². The van der Waals surface area contributed by atoms with E-state index in [-0.39, 0.29) is 5.91 Å². The van der Waals surface area contributed by atoms with Gasteiger partial charge in [-0.15, -0.1) is 0 Å². The number of hydrogen-bond acceptors (Lipinski definition) is 3. The minimum atomic E-state index is 0.0388. The lowest BCUT2D eigenvalue weighted by Gasteiger charge is -1.98. The number of hydrazine groups is 1. The molecule has 0 radical (unpaired) electrons. The van der Waals surface area contributed by atoms with Crippen molar-refractivity contribution in [3.05, 3.63) is 0 Å². The summed E-state index contributed by atoms with van der Waals surface area (Å²) in [6, 6.07) is 0. The topological polar surface area (TPSA) is 54.0 Å². The summed E-state index contributed by atoms with van der Waals surface area (Å²) < 4.78 is 0. The molecule has 1 aliphatic heterocycles. The number of rotatable bonds is 3. The number of hydrogen-bond donors (Lipinski definition) is 2. The van der Waals surface area contributed by atoms with E-state index in [4.69, 9.17) is 0 Å². The fourth-order valence-corrected chi connectivity index (χ4v) is 0.575. The summed E-state index contributed by atoms with van der Waals surface area (Å²) in [6.45, 7) is 4.12. The summed E-state index contributed by atoms with van der Waals surface area (Å²) >= 11 is 0. The molecule has 2 N–H and O–H groups in total. The lowest BCUT2D eigenvalue weighted by Crippen LogP contribution is -2.26. The Labute approximate surface area is 54.2 Å². The molecule has 0 aliphatic carbocycles. The zero-order valence-electron chi connectivity index (χ0n) is 5.48. The highest BCUT2D eigenvalue weighted by atomic mass is 16.1. The van der Waals surface area contributed by atoms with Crippen molar-refractivity contribution in [3.8, 4) is 0 Å². The molecule has 1 unspecified atom stereocenters. The van der Waals surface area contributed by atoms with Gasteiger partial charge < -0.3 is 5.32 Å². The molecule has 1 aliphatic rings. The van der Waals surface area contributed by atoms with E-state index in [1.807, 2.05) is 5.01 Å². The van der Waals surface area contributed by atoms with Gasteiger partial charge in [-0.25, -0.2) is 10.4 Å². The molecule has 52 valence electrons. The fourth-order valence-electron chi connectivity index (χ4n) is 0.575. The summed E-state index contributed by atoms with van der Waals surface area (Å²) in [5.74, 6) is 0.0388. The lowest BCUT2D eigenvalue weighted by molar-refractivity contribution is -0.118. The molecule has 4 nitrogen and oxygen atoms in total. The van der Waals surface area contributed by atoms with Crippen molar-refractivity contribution in [2.24, 2.45) is 0 Å².